The van der Waals surface area contributed by atoms with Gasteiger partial charge in [-0.3, -0.25) is 4.79 Å². The molecule has 0 saturated heterocycles. The Bertz CT molecular complexity index is 868. The van der Waals surface area contributed by atoms with Crippen LogP contribution in [0.5, 0.6) is 5.75 Å². The zero-order valence-electron chi connectivity index (χ0n) is 13.6. The highest BCUT2D eigenvalue weighted by Gasteiger charge is 2.11. The molecular weight excluding hydrogens is 318 g/mol. The molecule has 0 saturated carbocycles. The zero-order valence-corrected chi connectivity index (χ0v) is 13.6. The molecule has 3 aromatic rings. The SMILES string of the molecule is NC(=O)c1cc(NCC(O)COc2ccccc2)nc2ccccc12. The fourth-order valence-corrected chi connectivity index (χ4v) is 2.46. The van der Waals surface area contributed by atoms with Crippen LogP contribution < -0.4 is 15.8 Å². The second-order valence-corrected chi connectivity index (χ2v) is 5.60. The van der Waals surface area contributed by atoms with Crippen LogP contribution in [0, 0.1) is 0 Å². The molecule has 0 radical (unpaired) electrons. The Morgan fingerprint density at radius 1 is 1.16 bits per heavy atom. The molecular formula is C19H19N3O3. The number of pyridine rings is 1. The van der Waals surface area contributed by atoms with Crippen molar-refractivity contribution in [3.05, 3.63) is 66.2 Å². The van der Waals surface area contributed by atoms with Crippen molar-refractivity contribution in [2.75, 3.05) is 18.5 Å². The van der Waals surface area contributed by atoms with Crippen LogP contribution in [-0.4, -0.2) is 35.3 Å². The van der Waals surface area contributed by atoms with E-state index in [9.17, 15) is 9.90 Å². The topological polar surface area (TPSA) is 97.5 Å². The summed E-state index contributed by atoms with van der Waals surface area (Å²) in [5.41, 5.74) is 6.51. The normalized spacial score (nSPS) is 11.9. The number of nitrogens with one attached hydrogen (secondary N) is 1. The summed E-state index contributed by atoms with van der Waals surface area (Å²) in [5.74, 6) is 0.655. The lowest BCUT2D eigenvalue weighted by Crippen LogP contribution is -2.26. The van der Waals surface area contributed by atoms with Crippen LogP contribution in [0.1, 0.15) is 10.4 Å². The summed E-state index contributed by atoms with van der Waals surface area (Å²) in [5, 5.41) is 13.8. The molecule has 0 aliphatic rings. The molecule has 25 heavy (non-hydrogen) atoms. The highest BCUT2D eigenvalue weighted by molar-refractivity contribution is 6.06. The van der Waals surface area contributed by atoms with Gasteiger partial charge in [-0.15, -0.1) is 0 Å². The van der Waals surface area contributed by atoms with Crippen molar-refractivity contribution in [1.29, 1.82) is 0 Å². The van der Waals surface area contributed by atoms with E-state index in [2.05, 4.69) is 10.3 Å². The van der Waals surface area contributed by atoms with Crippen LogP contribution in [0.2, 0.25) is 0 Å². The number of aliphatic hydroxyl groups is 1. The molecule has 3 rings (SSSR count). The average Bonchev–Trinajstić information content (AvgIpc) is 2.64. The van der Waals surface area contributed by atoms with E-state index in [0.717, 1.165) is 0 Å². The number of amides is 1. The highest BCUT2D eigenvalue weighted by Crippen LogP contribution is 2.20. The number of carbonyl (C=O) groups is 1. The van der Waals surface area contributed by atoms with Crippen molar-refractivity contribution < 1.29 is 14.6 Å². The van der Waals surface area contributed by atoms with Gasteiger partial charge in [0.2, 0.25) is 5.91 Å². The van der Waals surface area contributed by atoms with E-state index >= 15 is 0 Å². The molecule has 6 nitrogen and oxygen atoms in total. The fraction of sp³-hybridized carbons (Fsp3) is 0.158. The number of nitrogens with two attached hydrogens (primary N) is 1. The molecule has 0 aliphatic carbocycles. The molecule has 1 unspecified atom stereocenters. The van der Waals surface area contributed by atoms with Crippen LogP contribution in [-0.2, 0) is 0 Å². The molecule has 1 aromatic heterocycles. The maximum Gasteiger partial charge on any atom is 0.249 e. The van der Waals surface area contributed by atoms with Crippen LogP contribution in [0.25, 0.3) is 10.9 Å². The minimum absolute atomic E-state index is 0.146. The largest absolute Gasteiger partial charge is 0.491 e. The van der Waals surface area contributed by atoms with Gasteiger partial charge in [-0.05, 0) is 24.3 Å². The number of anilines is 1. The summed E-state index contributed by atoms with van der Waals surface area (Å²) >= 11 is 0. The Hall–Kier alpha value is -3.12. The number of aromatic nitrogens is 1. The lowest BCUT2D eigenvalue weighted by molar-refractivity contribution is 0.100. The molecule has 128 valence electrons. The van der Waals surface area contributed by atoms with Crippen molar-refractivity contribution in [1.82, 2.24) is 4.98 Å². The third-order valence-corrected chi connectivity index (χ3v) is 3.69. The van der Waals surface area contributed by atoms with Crippen LogP contribution >= 0.6 is 0 Å². The second kappa shape index (κ2) is 7.63. The summed E-state index contributed by atoms with van der Waals surface area (Å²) in [6, 6.07) is 18.1. The molecule has 0 spiro atoms. The van der Waals surface area contributed by atoms with Gasteiger partial charge in [0.25, 0.3) is 0 Å². The van der Waals surface area contributed by atoms with Gasteiger partial charge < -0.3 is 20.9 Å². The van der Waals surface area contributed by atoms with E-state index in [-0.39, 0.29) is 13.2 Å². The summed E-state index contributed by atoms with van der Waals surface area (Å²) in [4.78, 5) is 16.1. The Balaban J connectivity index is 1.65. The number of ether oxygens (including phenoxy) is 1. The Morgan fingerprint density at radius 3 is 2.64 bits per heavy atom. The van der Waals surface area contributed by atoms with Gasteiger partial charge in [0.15, 0.2) is 0 Å². The van der Waals surface area contributed by atoms with Crippen molar-refractivity contribution >= 4 is 22.6 Å². The number of fused-ring (bicyclic) bond motifs is 1. The lowest BCUT2D eigenvalue weighted by Gasteiger charge is -2.14. The van der Waals surface area contributed by atoms with E-state index in [1.807, 2.05) is 48.5 Å². The van der Waals surface area contributed by atoms with Crippen molar-refractivity contribution in [3.63, 3.8) is 0 Å². The Kier molecular flexibility index (Phi) is 5.11. The third-order valence-electron chi connectivity index (χ3n) is 3.69. The van der Waals surface area contributed by atoms with E-state index in [1.165, 1.54) is 0 Å². The quantitative estimate of drug-likeness (QED) is 0.614. The molecule has 0 bridgehead atoms. The molecule has 1 heterocycles. The number of hydrogen-bond donors (Lipinski definition) is 3. The molecule has 0 fully saturated rings. The predicted octanol–water partition coefficient (Wildman–Crippen LogP) is 2.19. The van der Waals surface area contributed by atoms with Crippen LogP contribution in [0.3, 0.4) is 0 Å². The number of hydrogen-bond acceptors (Lipinski definition) is 5. The summed E-state index contributed by atoms with van der Waals surface area (Å²) < 4.78 is 5.50. The summed E-state index contributed by atoms with van der Waals surface area (Å²) in [7, 11) is 0. The van der Waals surface area contributed by atoms with Gasteiger partial charge in [0, 0.05) is 11.9 Å². The smallest absolute Gasteiger partial charge is 0.249 e. The van der Waals surface area contributed by atoms with Gasteiger partial charge in [0.05, 0.1) is 11.1 Å². The fourth-order valence-electron chi connectivity index (χ4n) is 2.46. The van der Waals surface area contributed by atoms with E-state index in [0.29, 0.717) is 28.0 Å². The number of benzene rings is 2. The molecule has 4 N–H and O–H groups in total. The molecule has 0 aliphatic heterocycles. The van der Waals surface area contributed by atoms with E-state index in [4.69, 9.17) is 10.5 Å². The Labute approximate surface area is 145 Å². The molecule has 2 aromatic carbocycles. The molecule has 1 atom stereocenters. The first kappa shape index (κ1) is 16.7. The standard InChI is InChI=1S/C19H19N3O3/c20-19(24)16-10-18(22-17-9-5-4-8-15(16)17)21-11-13(23)12-25-14-6-2-1-3-7-14/h1-10,13,23H,11-12H2,(H2,20,24)(H,21,22). The number of aliphatic hydroxyl groups excluding tert-OH is 1. The van der Waals surface area contributed by atoms with Crippen molar-refractivity contribution in [2.45, 2.75) is 6.10 Å². The Morgan fingerprint density at radius 2 is 1.88 bits per heavy atom. The third kappa shape index (κ3) is 4.24. The number of para-hydroxylation sites is 2. The first-order valence-corrected chi connectivity index (χ1v) is 7.93. The maximum atomic E-state index is 11.7. The lowest BCUT2D eigenvalue weighted by atomic mass is 10.1. The van der Waals surface area contributed by atoms with Gasteiger partial charge in [-0.25, -0.2) is 4.98 Å². The van der Waals surface area contributed by atoms with Gasteiger partial charge >= 0.3 is 0 Å². The summed E-state index contributed by atoms with van der Waals surface area (Å²) in [6.45, 7) is 0.379. The zero-order chi connectivity index (χ0) is 17.6. The van der Waals surface area contributed by atoms with Crippen LogP contribution in [0.15, 0.2) is 60.7 Å². The number of rotatable bonds is 7. The number of carbonyl (C=O) groups excluding carboxylic acids is 1. The summed E-state index contributed by atoms with van der Waals surface area (Å²) in [6.07, 6.45) is -0.731. The number of primary amides is 1. The minimum atomic E-state index is -0.731. The second-order valence-electron chi connectivity index (χ2n) is 5.60. The monoisotopic (exact) mass is 337 g/mol. The van der Waals surface area contributed by atoms with Gasteiger partial charge in [-0.1, -0.05) is 36.4 Å². The average molecular weight is 337 g/mol. The first-order chi connectivity index (χ1) is 12.1. The van der Waals surface area contributed by atoms with Gasteiger partial charge in [-0.2, -0.15) is 0 Å². The van der Waals surface area contributed by atoms with E-state index in [1.54, 1.807) is 12.1 Å². The predicted molar refractivity (Wildman–Crippen MR) is 96.7 cm³/mol. The molecule has 6 heteroatoms. The van der Waals surface area contributed by atoms with E-state index < -0.39 is 12.0 Å². The van der Waals surface area contributed by atoms with Crippen molar-refractivity contribution in [2.24, 2.45) is 5.73 Å². The van der Waals surface area contributed by atoms with Crippen LogP contribution in [0.4, 0.5) is 5.82 Å². The first-order valence-electron chi connectivity index (χ1n) is 7.93. The minimum Gasteiger partial charge on any atom is -0.491 e. The molecule has 1 amide bonds. The van der Waals surface area contributed by atoms with Crippen molar-refractivity contribution in [3.8, 4) is 5.75 Å². The highest BCUT2D eigenvalue weighted by atomic mass is 16.5. The number of nitrogens with zero attached hydrogens (tertiary/aromatic N) is 1. The maximum absolute atomic E-state index is 11.7. The van der Waals surface area contributed by atoms with Gasteiger partial charge in [0.1, 0.15) is 24.3 Å².